The zero-order valence-electron chi connectivity index (χ0n) is 25.9. The predicted octanol–water partition coefficient (Wildman–Crippen LogP) is 1.52. The van der Waals surface area contributed by atoms with E-state index < -0.39 is 35.8 Å². The highest BCUT2D eigenvalue weighted by Crippen LogP contribution is 2.59. The summed E-state index contributed by atoms with van der Waals surface area (Å²) in [5.41, 5.74) is 5.50. The highest BCUT2D eigenvalue weighted by molar-refractivity contribution is 5.92. The molecule has 1 spiro atoms. The van der Waals surface area contributed by atoms with Crippen LogP contribution in [0.5, 0.6) is 0 Å². The van der Waals surface area contributed by atoms with Gasteiger partial charge in [-0.15, -0.1) is 0 Å². The molecule has 0 aromatic carbocycles. The maximum Gasteiger partial charge on any atom is 0.413 e. The lowest BCUT2D eigenvalue weighted by molar-refractivity contribution is -0.122. The van der Waals surface area contributed by atoms with Gasteiger partial charge in [0.2, 0.25) is 5.91 Å². The number of nitrogens with zero attached hydrogens (tertiary/aromatic N) is 2. The highest BCUT2D eigenvalue weighted by Gasteiger charge is 2.72. The molecular weight excluding hydrogens is 562 g/mol. The van der Waals surface area contributed by atoms with Crippen molar-refractivity contribution >= 4 is 24.1 Å². The van der Waals surface area contributed by atoms with E-state index in [-0.39, 0.29) is 49.5 Å². The van der Waals surface area contributed by atoms with Crippen LogP contribution < -0.4 is 16.4 Å². The Hall–Kier alpha value is -2.94. The largest absolute Gasteiger partial charge is 0.447 e. The molecule has 0 radical (unpaired) electrons. The molecule has 3 aliphatic heterocycles. The molecule has 0 bridgehead atoms. The summed E-state index contributed by atoms with van der Waals surface area (Å²) >= 11 is 0. The number of rotatable bonds is 12. The van der Waals surface area contributed by atoms with Crippen LogP contribution in [-0.4, -0.2) is 123 Å². The molecule has 4 unspecified atom stereocenters. The standard InChI is InChI=1S/C29H47N5O9/c1-18(2)8-9-21-28(3,43-21)24-23(39-5)20(10-11-29(24)17-41-29)42-27(38)34-13-6-7-19(34)16-40-26(37)32-22(35)15-33(4)14-12-31-25(30)36/h8,19-21,23-24H,6-7,9-17H2,1-5H3,(H3,30,31,36)(H,32,35,37)/t19-,20?,21+,23?,24?,28?,29-/m0/s1. The maximum absolute atomic E-state index is 13.4. The number of nitrogens with two attached hydrogens (primary N) is 1. The van der Waals surface area contributed by atoms with E-state index in [9.17, 15) is 19.2 Å². The van der Waals surface area contributed by atoms with Crippen molar-refractivity contribution in [2.75, 3.05) is 53.6 Å². The number of carbonyl (C=O) groups excluding carboxylic acids is 4. The Kier molecular flexibility index (Phi) is 10.6. The lowest BCUT2D eigenvalue weighted by Crippen LogP contribution is -2.56. The molecule has 3 heterocycles. The van der Waals surface area contributed by atoms with Crippen LogP contribution in [0.25, 0.3) is 0 Å². The zero-order chi connectivity index (χ0) is 31.4. The third-order valence-electron chi connectivity index (χ3n) is 8.96. The summed E-state index contributed by atoms with van der Waals surface area (Å²) in [5, 5.41) is 4.61. The second-order valence-corrected chi connectivity index (χ2v) is 12.5. The second-order valence-electron chi connectivity index (χ2n) is 12.5. The Balaban J connectivity index is 1.27. The summed E-state index contributed by atoms with van der Waals surface area (Å²) in [6.45, 7) is 7.85. The van der Waals surface area contributed by atoms with Crippen LogP contribution in [0.3, 0.4) is 0 Å². The molecule has 242 valence electrons. The molecule has 4 rings (SSSR count). The van der Waals surface area contributed by atoms with Crippen molar-refractivity contribution in [2.24, 2.45) is 11.7 Å². The van der Waals surface area contributed by atoms with Crippen molar-refractivity contribution < 1.29 is 42.9 Å². The number of hydrogen-bond donors (Lipinski definition) is 3. The van der Waals surface area contributed by atoms with Gasteiger partial charge in [-0.2, -0.15) is 0 Å². The van der Waals surface area contributed by atoms with E-state index in [0.717, 1.165) is 19.3 Å². The molecule has 14 nitrogen and oxygen atoms in total. The monoisotopic (exact) mass is 609 g/mol. The number of alkyl carbamates (subject to hydrolysis) is 1. The number of ether oxygens (including phenoxy) is 5. The van der Waals surface area contributed by atoms with Crippen molar-refractivity contribution in [1.29, 1.82) is 0 Å². The quantitative estimate of drug-likeness (QED) is 0.217. The van der Waals surface area contributed by atoms with Gasteiger partial charge in [-0.3, -0.25) is 15.0 Å². The molecule has 43 heavy (non-hydrogen) atoms. The minimum atomic E-state index is -0.890. The van der Waals surface area contributed by atoms with E-state index in [1.807, 2.05) is 0 Å². The fourth-order valence-electron chi connectivity index (χ4n) is 6.57. The molecule has 0 aromatic rings. The van der Waals surface area contributed by atoms with Gasteiger partial charge in [0.05, 0.1) is 31.2 Å². The number of primary amides is 1. The summed E-state index contributed by atoms with van der Waals surface area (Å²) in [6.07, 6.45) is 3.56. The van der Waals surface area contributed by atoms with Crippen molar-refractivity contribution in [3.8, 4) is 0 Å². The summed E-state index contributed by atoms with van der Waals surface area (Å²) in [7, 11) is 3.30. The number of hydrogen-bond acceptors (Lipinski definition) is 10. The van der Waals surface area contributed by atoms with Gasteiger partial charge in [0.15, 0.2) is 0 Å². The number of urea groups is 1. The number of nitrogens with one attached hydrogen (secondary N) is 2. The van der Waals surface area contributed by atoms with Crippen LogP contribution in [-0.2, 0) is 28.5 Å². The fourth-order valence-corrected chi connectivity index (χ4v) is 6.57. The first-order chi connectivity index (χ1) is 20.4. The number of likely N-dealkylation sites (N-methyl/N-ethyl adjacent to an activating group) is 1. The molecule has 1 aliphatic carbocycles. The Morgan fingerprint density at radius 1 is 1.21 bits per heavy atom. The molecular formula is C29H47N5O9. The summed E-state index contributed by atoms with van der Waals surface area (Å²) in [5.74, 6) is -0.634. The molecule has 7 atom stereocenters. The number of amides is 5. The van der Waals surface area contributed by atoms with Gasteiger partial charge in [0.1, 0.15) is 30.0 Å². The second kappa shape index (κ2) is 13.8. The first-order valence-electron chi connectivity index (χ1n) is 15.0. The van der Waals surface area contributed by atoms with E-state index in [4.69, 9.17) is 29.4 Å². The van der Waals surface area contributed by atoms with Crippen molar-refractivity contribution in [1.82, 2.24) is 20.4 Å². The lowest BCUT2D eigenvalue weighted by Gasteiger charge is -2.43. The van der Waals surface area contributed by atoms with Gasteiger partial charge in [-0.05, 0) is 59.9 Å². The van der Waals surface area contributed by atoms with E-state index >= 15 is 0 Å². The maximum atomic E-state index is 13.4. The number of allylic oxidation sites excluding steroid dienone is 1. The predicted molar refractivity (Wildman–Crippen MR) is 154 cm³/mol. The van der Waals surface area contributed by atoms with Crippen molar-refractivity contribution in [2.45, 2.75) is 88.4 Å². The van der Waals surface area contributed by atoms with Gasteiger partial charge in [-0.25, -0.2) is 14.4 Å². The minimum Gasteiger partial charge on any atom is -0.447 e. The van der Waals surface area contributed by atoms with Crippen LogP contribution in [0.15, 0.2) is 11.6 Å². The Bertz CT molecular complexity index is 1080. The van der Waals surface area contributed by atoms with Crippen LogP contribution >= 0.6 is 0 Å². The molecule has 4 N–H and O–H groups in total. The highest BCUT2D eigenvalue weighted by atomic mass is 16.6. The van der Waals surface area contributed by atoms with Gasteiger partial charge < -0.3 is 39.6 Å². The van der Waals surface area contributed by atoms with Crippen LogP contribution in [0, 0.1) is 5.92 Å². The summed E-state index contributed by atoms with van der Waals surface area (Å²) in [6, 6.07) is -1.02. The Morgan fingerprint density at radius 2 is 1.95 bits per heavy atom. The summed E-state index contributed by atoms with van der Waals surface area (Å²) < 4.78 is 29.6. The Morgan fingerprint density at radius 3 is 2.60 bits per heavy atom. The lowest BCUT2D eigenvalue weighted by atomic mass is 9.68. The number of imide groups is 1. The van der Waals surface area contributed by atoms with Gasteiger partial charge in [-0.1, -0.05) is 11.6 Å². The molecule has 1 saturated carbocycles. The first-order valence-corrected chi connectivity index (χ1v) is 15.0. The van der Waals surface area contributed by atoms with Crippen molar-refractivity contribution in [3.63, 3.8) is 0 Å². The van der Waals surface area contributed by atoms with E-state index in [0.29, 0.717) is 32.5 Å². The van der Waals surface area contributed by atoms with Crippen LogP contribution in [0.2, 0.25) is 0 Å². The molecule has 5 amide bonds. The van der Waals surface area contributed by atoms with Crippen molar-refractivity contribution in [3.05, 3.63) is 11.6 Å². The topological polar surface area (TPSA) is 178 Å². The van der Waals surface area contributed by atoms with Crippen LogP contribution in [0.4, 0.5) is 14.4 Å². The number of carbonyl (C=O) groups is 4. The van der Waals surface area contributed by atoms with E-state index in [1.54, 1.807) is 24.0 Å². The zero-order valence-corrected chi connectivity index (χ0v) is 25.9. The molecule has 4 fully saturated rings. The molecule has 4 aliphatic rings. The Labute approximate surface area is 252 Å². The normalized spacial score (nSPS) is 32.7. The molecule has 0 aromatic heterocycles. The number of likely N-dealkylation sites (tertiary alicyclic amines) is 1. The SMILES string of the molecule is COC1C(OC(=O)N2CCC[C@H]2COC(=O)NC(=O)CN(C)CCNC(N)=O)CC[C@]2(CO2)C1C1(C)O[C@@H]1CC=C(C)C. The average Bonchev–Trinajstić information content (AvgIpc) is 3.78. The fraction of sp³-hybridized carbons (Fsp3) is 0.793. The first kappa shape index (κ1) is 33.0. The third kappa shape index (κ3) is 8.16. The number of epoxide rings is 2. The third-order valence-corrected chi connectivity index (χ3v) is 8.96. The smallest absolute Gasteiger partial charge is 0.413 e. The van der Waals surface area contributed by atoms with Gasteiger partial charge in [0, 0.05) is 26.7 Å². The van der Waals surface area contributed by atoms with Gasteiger partial charge >= 0.3 is 18.2 Å². The van der Waals surface area contributed by atoms with Crippen LogP contribution in [0.1, 0.15) is 52.9 Å². The molecule has 14 heteroatoms. The van der Waals surface area contributed by atoms with E-state index in [2.05, 4.69) is 37.5 Å². The van der Waals surface area contributed by atoms with E-state index in [1.165, 1.54) is 5.57 Å². The minimum absolute atomic E-state index is 0.0537. The molecule has 3 saturated heterocycles. The summed E-state index contributed by atoms with van der Waals surface area (Å²) in [4.78, 5) is 51.8. The van der Waals surface area contributed by atoms with Gasteiger partial charge in [0.25, 0.3) is 0 Å². The average molecular weight is 610 g/mol. The number of methoxy groups -OCH3 is 1.